The Labute approximate surface area is 150 Å². The second-order valence-electron chi connectivity index (χ2n) is 5.09. The molecule has 5 nitrogen and oxygen atoms in total. The largest absolute Gasteiger partial charge is 0.364 e. The van der Waals surface area contributed by atoms with E-state index in [4.69, 9.17) is 23.2 Å². The molecule has 24 heavy (non-hydrogen) atoms. The van der Waals surface area contributed by atoms with Crippen LogP contribution in [0.25, 0.3) is 0 Å². The van der Waals surface area contributed by atoms with Crippen LogP contribution in [0.4, 0.5) is 17.3 Å². The summed E-state index contributed by atoms with van der Waals surface area (Å²) >= 11 is 12.2. The van der Waals surface area contributed by atoms with Gasteiger partial charge in [0.25, 0.3) is 0 Å². The molecular formula is C17H15Cl2N5. The van der Waals surface area contributed by atoms with Gasteiger partial charge in [-0.2, -0.15) is 0 Å². The number of anilines is 3. The van der Waals surface area contributed by atoms with Gasteiger partial charge in [0.2, 0.25) is 0 Å². The molecule has 0 aliphatic rings. The van der Waals surface area contributed by atoms with Crippen molar-refractivity contribution in [1.29, 1.82) is 0 Å². The van der Waals surface area contributed by atoms with E-state index in [0.29, 0.717) is 39.7 Å². The summed E-state index contributed by atoms with van der Waals surface area (Å²) in [6, 6.07) is 13.0. The van der Waals surface area contributed by atoms with E-state index in [1.807, 2.05) is 43.3 Å². The Morgan fingerprint density at radius 2 is 1.83 bits per heavy atom. The predicted octanol–water partition coefficient (Wildman–Crippen LogP) is 4.84. The first-order valence-electron chi connectivity index (χ1n) is 7.32. The Kier molecular flexibility index (Phi) is 5.13. The van der Waals surface area contributed by atoms with Crippen LogP contribution in [0.15, 0.2) is 48.7 Å². The highest BCUT2D eigenvalue weighted by atomic mass is 35.5. The van der Waals surface area contributed by atoms with E-state index in [-0.39, 0.29) is 0 Å². The van der Waals surface area contributed by atoms with Gasteiger partial charge < -0.3 is 10.6 Å². The van der Waals surface area contributed by atoms with Gasteiger partial charge >= 0.3 is 0 Å². The molecule has 3 rings (SSSR count). The molecule has 0 bridgehead atoms. The number of halogens is 2. The molecule has 0 saturated carbocycles. The van der Waals surface area contributed by atoms with Crippen LogP contribution < -0.4 is 10.6 Å². The molecule has 2 N–H and O–H groups in total. The lowest BCUT2D eigenvalue weighted by molar-refractivity contribution is 0.996. The van der Waals surface area contributed by atoms with Crippen molar-refractivity contribution < 1.29 is 0 Å². The van der Waals surface area contributed by atoms with Crippen LogP contribution in [-0.2, 0) is 6.54 Å². The van der Waals surface area contributed by atoms with Gasteiger partial charge in [0.05, 0.1) is 28.0 Å². The number of benzene rings is 1. The lowest BCUT2D eigenvalue weighted by Crippen LogP contribution is -2.06. The zero-order valence-corrected chi connectivity index (χ0v) is 14.4. The summed E-state index contributed by atoms with van der Waals surface area (Å²) in [6.45, 7) is 2.41. The van der Waals surface area contributed by atoms with Crippen molar-refractivity contribution in [3.8, 4) is 0 Å². The first-order chi connectivity index (χ1) is 11.6. The third-order valence-corrected chi connectivity index (χ3v) is 4.05. The van der Waals surface area contributed by atoms with E-state index in [1.165, 1.54) is 0 Å². The first kappa shape index (κ1) is 16.5. The summed E-state index contributed by atoms with van der Waals surface area (Å²) in [5.74, 6) is 1.98. The molecule has 0 aliphatic heterocycles. The summed E-state index contributed by atoms with van der Waals surface area (Å²) in [4.78, 5) is 13.0. The Balaban J connectivity index is 1.77. The highest BCUT2D eigenvalue weighted by Gasteiger charge is 2.07. The fourth-order valence-electron chi connectivity index (χ4n) is 2.14. The Hall–Kier alpha value is -2.37. The average molecular weight is 360 g/mol. The van der Waals surface area contributed by atoms with Crippen LogP contribution in [0.3, 0.4) is 0 Å². The van der Waals surface area contributed by atoms with E-state index < -0.39 is 0 Å². The molecule has 2 heterocycles. The lowest BCUT2D eigenvalue weighted by Gasteiger charge is -2.11. The van der Waals surface area contributed by atoms with Crippen molar-refractivity contribution >= 4 is 40.5 Å². The summed E-state index contributed by atoms with van der Waals surface area (Å²) in [5, 5.41) is 7.35. The van der Waals surface area contributed by atoms with Crippen molar-refractivity contribution in [3.63, 3.8) is 0 Å². The molecule has 3 aromatic rings. The zero-order chi connectivity index (χ0) is 16.9. The quantitative estimate of drug-likeness (QED) is 0.682. The maximum Gasteiger partial charge on any atom is 0.136 e. The third-order valence-electron chi connectivity index (χ3n) is 3.23. The number of aryl methyl sites for hydroxylation is 1. The average Bonchev–Trinajstić information content (AvgIpc) is 2.58. The smallest absolute Gasteiger partial charge is 0.136 e. The molecule has 0 amide bonds. The molecule has 7 heteroatoms. The van der Waals surface area contributed by atoms with Gasteiger partial charge in [-0.1, -0.05) is 35.3 Å². The van der Waals surface area contributed by atoms with E-state index in [9.17, 15) is 0 Å². The maximum absolute atomic E-state index is 6.20. The Bertz CT molecular complexity index is 840. The predicted molar refractivity (Wildman–Crippen MR) is 98.1 cm³/mol. The van der Waals surface area contributed by atoms with Crippen LogP contribution in [0.5, 0.6) is 0 Å². The van der Waals surface area contributed by atoms with Crippen LogP contribution in [0.2, 0.25) is 10.0 Å². The Morgan fingerprint density at radius 1 is 1.00 bits per heavy atom. The number of nitrogens with zero attached hydrogens (tertiary/aromatic N) is 3. The minimum atomic E-state index is 0.457. The van der Waals surface area contributed by atoms with Crippen LogP contribution in [0.1, 0.15) is 11.5 Å². The van der Waals surface area contributed by atoms with Gasteiger partial charge in [0.15, 0.2) is 0 Å². The number of aromatic nitrogens is 3. The summed E-state index contributed by atoms with van der Waals surface area (Å²) in [7, 11) is 0. The molecule has 1 aromatic carbocycles. The minimum Gasteiger partial charge on any atom is -0.364 e. The van der Waals surface area contributed by atoms with Crippen LogP contribution in [0, 0.1) is 6.92 Å². The van der Waals surface area contributed by atoms with Crippen LogP contribution in [-0.4, -0.2) is 15.0 Å². The monoisotopic (exact) mass is 359 g/mol. The normalized spacial score (nSPS) is 10.5. The molecule has 2 aromatic heterocycles. The van der Waals surface area contributed by atoms with Gasteiger partial charge in [-0.15, -0.1) is 0 Å². The van der Waals surface area contributed by atoms with E-state index in [0.717, 1.165) is 5.69 Å². The summed E-state index contributed by atoms with van der Waals surface area (Å²) in [5.41, 5.74) is 1.62. The molecule has 0 atom stereocenters. The molecule has 0 fully saturated rings. The van der Waals surface area contributed by atoms with Crippen molar-refractivity contribution in [3.05, 3.63) is 70.2 Å². The number of pyridine rings is 1. The number of rotatable bonds is 5. The SMILES string of the molecule is Cc1nc(NCc2ccccn2)cc(Nc2cccc(Cl)c2Cl)n1. The Morgan fingerprint density at radius 3 is 2.62 bits per heavy atom. The molecular weight excluding hydrogens is 345 g/mol. The third kappa shape index (κ3) is 4.13. The summed E-state index contributed by atoms with van der Waals surface area (Å²) < 4.78 is 0. The fraction of sp³-hybridized carbons (Fsp3) is 0.118. The van der Waals surface area contributed by atoms with Crippen molar-refractivity contribution in [2.75, 3.05) is 10.6 Å². The second kappa shape index (κ2) is 7.47. The topological polar surface area (TPSA) is 62.7 Å². The van der Waals surface area contributed by atoms with Gasteiger partial charge in [-0.05, 0) is 31.2 Å². The maximum atomic E-state index is 6.20. The van der Waals surface area contributed by atoms with E-state index in [2.05, 4.69) is 25.6 Å². The van der Waals surface area contributed by atoms with Gasteiger partial charge in [0, 0.05) is 12.3 Å². The zero-order valence-electron chi connectivity index (χ0n) is 12.9. The van der Waals surface area contributed by atoms with Crippen molar-refractivity contribution in [2.45, 2.75) is 13.5 Å². The highest BCUT2D eigenvalue weighted by Crippen LogP contribution is 2.31. The van der Waals surface area contributed by atoms with Crippen molar-refractivity contribution in [2.24, 2.45) is 0 Å². The molecule has 0 radical (unpaired) electrons. The number of nitrogens with one attached hydrogen (secondary N) is 2. The van der Waals surface area contributed by atoms with Crippen molar-refractivity contribution in [1.82, 2.24) is 15.0 Å². The highest BCUT2D eigenvalue weighted by molar-refractivity contribution is 6.43. The molecule has 0 spiro atoms. The molecule has 0 unspecified atom stereocenters. The summed E-state index contributed by atoms with van der Waals surface area (Å²) in [6.07, 6.45) is 1.76. The van der Waals surface area contributed by atoms with E-state index >= 15 is 0 Å². The number of hydrogen-bond donors (Lipinski definition) is 2. The second-order valence-corrected chi connectivity index (χ2v) is 5.87. The van der Waals surface area contributed by atoms with E-state index in [1.54, 1.807) is 12.3 Å². The van der Waals surface area contributed by atoms with Gasteiger partial charge in [-0.3, -0.25) is 4.98 Å². The van der Waals surface area contributed by atoms with Gasteiger partial charge in [-0.25, -0.2) is 9.97 Å². The minimum absolute atomic E-state index is 0.457. The molecule has 122 valence electrons. The standard InChI is InChI=1S/C17H15Cl2N5/c1-11-22-15(21-10-12-5-2-3-8-20-12)9-16(23-11)24-14-7-4-6-13(18)17(14)19/h2-9H,10H2,1H3,(H2,21,22,23,24). The van der Waals surface area contributed by atoms with Crippen LogP contribution >= 0.6 is 23.2 Å². The fourth-order valence-corrected chi connectivity index (χ4v) is 2.49. The first-order valence-corrected chi connectivity index (χ1v) is 8.08. The number of hydrogen-bond acceptors (Lipinski definition) is 5. The molecule has 0 saturated heterocycles. The lowest BCUT2D eigenvalue weighted by atomic mass is 10.3. The molecule has 0 aliphatic carbocycles. The van der Waals surface area contributed by atoms with Gasteiger partial charge in [0.1, 0.15) is 17.5 Å².